The maximum atomic E-state index is 11.2. The Morgan fingerprint density at radius 2 is 0.872 bits per heavy atom. The van der Waals surface area contributed by atoms with Gasteiger partial charge in [-0.3, -0.25) is 4.79 Å². The molecule has 0 aliphatic rings. The fourth-order valence-corrected chi connectivity index (χ4v) is 5.24. The van der Waals surface area contributed by atoms with Gasteiger partial charge >= 0.3 is 0 Å². The van der Waals surface area contributed by atoms with E-state index >= 15 is 0 Å². The topological polar surface area (TPSA) is 20.3 Å². The second kappa shape index (κ2) is 11.2. The van der Waals surface area contributed by atoms with Gasteiger partial charge in [0, 0.05) is 28.5 Å². The molecule has 0 aromatic heterocycles. The molecule has 0 N–H and O–H groups in total. The zero-order valence-corrected chi connectivity index (χ0v) is 24.8. The van der Waals surface area contributed by atoms with Crippen molar-refractivity contribution in [2.24, 2.45) is 5.92 Å². The molecule has 0 heterocycles. The standard InChI is InChI=1S/C37H43NO/c1-26(2)35(28-11-9-27(25-39)10-12-28)29-13-19-32(20-14-29)38(33-21-15-30(16-22-33)36(3,4)5)34-23-17-31(18-24-34)37(6,7)8/h9-26,35H,1-8H3. The largest absolute Gasteiger partial charge is 0.311 e. The summed E-state index contributed by atoms with van der Waals surface area (Å²) in [4.78, 5) is 13.5. The SMILES string of the molecule is CC(C)C(c1ccc(C=O)cc1)c1ccc(N(c2ccc(C(C)(C)C)cc2)c2ccc(C(C)(C)C)cc2)cc1. The zero-order valence-electron chi connectivity index (χ0n) is 24.8. The third-order valence-corrected chi connectivity index (χ3v) is 7.59. The van der Waals surface area contributed by atoms with Crippen molar-refractivity contribution in [1.82, 2.24) is 0 Å². The van der Waals surface area contributed by atoms with Gasteiger partial charge in [-0.15, -0.1) is 0 Å². The molecule has 2 nitrogen and oxygen atoms in total. The highest BCUT2D eigenvalue weighted by Gasteiger charge is 2.21. The molecule has 4 aromatic rings. The van der Waals surface area contributed by atoms with Crippen molar-refractivity contribution in [2.75, 3.05) is 4.90 Å². The van der Waals surface area contributed by atoms with Gasteiger partial charge in [0.05, 0.1) is 0 Å². The van der Waals surface area contributed by atoms with E-state index in [-0.39, 0.29) is 16.7 Å². The second-order valence-electron chi connectivity index (χ2n) is 13.0. The number of benzene rings is 4. The van der Waals surface area contributed by atoms with E-state index in [2.05, 4.69) is 145 Å². The van der Waals surface area contributed by atoms with Gasteiger partial charge in [0.1, 0.15) is 6.29 Å². The first-order valence-corrected chi connectivity index (χ1v) is 14.0. The van der Waals surface area contributed by atoms with Crippen molar-refractivity contribution in [2.45, 2.75) is 72.1 Å². The molecule has 39 heavy (non-hydrogen) atoms. The minimum absolute atomic E-state index is 0.106. The molecule has 4 rings (SSSR count). The minimum atomic E-state index is 0.106. The van der Waals surface area contributed by atoms with Crippen LogP contribution in [0.2, 0.25) is 0 Å². The Morgan fingerprint density at radius 3 is 1.18 bits per heavy atom. The van der Waals surface area contributed by atoms with Crippen LogP contribution < -0.4 is 4.90 Å². The van der Waals surface area contributed by atoms with Crippen LogP contribution in [0.5, 0.6) is 0 Å². The number of carbonyl (C=O) groups is 1. The summed E-state index contributed by atoms with van der Waals surface area (Å²) in [6.45, 7) is 18.0. The summed E-state index contributed by atoms with van der Waals surface area (Å²) in [5.41, 5.74) is 9.49. The van der Waals surface area contributed by atoms with E-state index in [4.69, 9.17) is 0 Å². The molecule has 0 amide bonds. The third-order valence-electron chi connectivity index (χ3n) is 7.59. The third kappa shape index (κ3) is 6.50. The predicted molar refractivity (Wildman–Crippen MR) is 167 cm³/mol. The van der Waals surface area contributed by atoms with Crippen LogP contribution in [0.15, 0.2) is 97.1 Å². The number of aldehydes is 1. The first kappa shape index (κ1) is 28.4. The van der Waals surface area contributed by atoms with E-state index < -0.39 is 0 Å². The second-order valence-corrected chi connectivity index (χ2v) is 13.0. The van der Waals surface area contributed by atoms with Gasteiger partial charge in [-0.25, -0.2) is 0 Å². The zero-order chi connectivity index (χ0) is 28.4. The number of rotatable bonds is 7. The van der Waals surface area contributed by atoms with Crippen molar-refractivity contribution in [3.8, 4) is 0 Å². The molecule has 4 aromatic carbocycles. The summed E-state index contributed by atoms with van der Waals surface area (Å²) >= 11 is 0. The Balaban J connectivity index is 1.75. The van der Waals surface area contributed by atoms with Crippen LogP contribution in [0.3, 0.4) is 0 Å². The van der Waals surface area contributed by atoms with E-state index in [1.54, 1.807) is 0 Å². The van der Waals surface area contributed by atoms with Crippen LogP contribution in [-0.2, 0) is 10.8 Å². The van der Waals surface area contributed by atoms with Crippen molar-refractivity contribution in [3.05, 3.63) is 125 Å². The van der Waals surface area contributed by atoms with Crippen LogP contribution in [0.4, 0.5) is 17.1 Å². The summed E-state index contributed by atoms with van der Waals surface area (Å²) < 4.78 is 0. The minimum Gasteiger partial charge on any atom is -0.311 e. The van der Waals surface area contributed by atoms with Crippen molar-refractivity contribution in [1.29, 1.82) is 0 Å². The molecule has 0 fully saturated rings. The van der Waals surface area contributed by atoms with Crippen molar-refractivity contribution >= 4 is 23.3 Å². The van der Waals surface area contributed by atoms with E-state index in [0.717, 1.165) is 23.3 Å². The summed E-state index contributed by atoms with van der Waals surface area (Å²) in [5.74, 6) is 0.675. The number of hydrogen-bond donors (Lipinski definition) is 0. The number of hydrogen-bond acceptors (Lipinski definition) is 2. The molecule has 1 atom stereocenters. The number of nitrogens with zero attached hydrogens (tertiary/aromatic N) is 1. The molecule has 0 bridgehead atoms. The smallest absolute Gasteiger partial charge is 0.150 e. The number of carbonyl (C=O) groups excluding carboxylic acids is 1. The normalized spacial score (nSPS) is 12.8. The first-order valence-electron chi connectivity index (χ1n) is 14.0. The molecular weight excluding hydrogens is 474 g/mol. The molecular formula is C37H43NO. The quantitative estimate of drug-likeness (QED) is 0.227. The molecule has 0 saturated carbocycles. The van der Waals surface area contributed by atoms with E-state index in [1.165, 1.54) is 22.3 Å². The number of anilines is 3. The van der Waals surface area contributed by atoms with E-state index in [1.807, 2.05) is 12.1 Å². The lowest BCUT2D eigenvalue weighted by Gasteiger charge is -2.29. The lowest BCUT2D eigenvalue weighted by atomic mass is 9.82. The monoisotopic (exact) mass is 517 g/mol. The molecule has 0 spiro atoms. The molecule has 2 heteroatoms. The average molecular weight is 518 g/mol. The maximum Gasteiger partial charge on any atom is 0.150 e. The average Bonchev–Trinajstić information content (AvgIpc) is 2.90. The van der Waals surface area contributed by atoms with Gasteiger partial charge in [0.2, 0.25) is 0 Å². The first-order chi connectivity index (χ1) is 18.4. The Hall–Kier alpha value is -3.65. The Kier molecular flexibility index (Phi) is 8.16. The Bertz CT molecular complexity index is 1310. The lowest BCUT2D eigenvalue weighted by Crippen LogP contribution is -2.14. The van der Waals surface area contributed by atoms with E-state index in [0.29, 0.717) is 11.5 Å². The highest BCUT2D eigenvalue weighted by atomic mass is 16.1. The molecule has 1 unspecified atom stereocenters. The molecule has 202 valence electrons. The van der Waals surface area contributed by atoms with Crippen LogP contribution in [0.1, 0.15) is 93.9 Å². The summed E-state index contributed by atoms with van der Waals surface area (Å²) in [5, 5.41) is 0. The summed E-state index contributed by atoms with van der Waals surface area (Å²) in [6, 6.07) is 34.9. The molecule has 0 saturated heterocycles. The van der Waals surface area contributed by atoms with Crippen LogP contribution in [0.25, 0.3) is 0 Å². The van der Waals surface area contributed by atoms with Crippen molar-refractivity contribution in [3.63, 3.8) is 0 Å². The van der Waals surface area contributed by atoms with Crippen LogP contribution >= 0.6 is 0 Å². The van der Waals surface area contributed by atoms with Crippen LogP contribution in [0, 0.1) is 5.92 Å². The highest BCUT2D eigenvalue weighted by molar-refractivity contribution is 5.77. The van der Waals surface area contributed by atoms with Crippen molar-refractivity contribution < 1.29 is 4.79 Å². The molecule has 0 radical (unpaired) electrons. The maximum absolute atomic E-state index is 11.2. The molecule has 0 aliphatic heterocycles. The highest BCUT2D eigenvalue weighted by Crippen LogP contribution is 2.39. The van der Waals surface area contributed by atoms with Crippen LogP contribution in [-0.4, -0.2) is 6.29 Å². The van der Waals surface area contributed by atoms with Gasteiger partial charge in [0.15, 0.2) is 0 Å². The van der Waals surface area contributed by atoms with E-state index in [9.17, 15) is 4.79 Å². The summed E-state index contributed by atoms with van der Waals surface area (Å²) in [7, 11) is 0. The molecule has 0 aliphatic carbocycles. The lowest BCUT2D eigenvalue weighted by molar-refractivity contribution is 0.112. The Morgan fingerprint density at radius 1 is 0.538 bits per heavy atom. The summed E-state index contributed by atoms with van der Waals surface area (Å²) in [6.07, 6.45) is 0.902. The van der Waals surface area contributed by atoms with Gasteiger partial charge in [-0.1, -0.05) is 116 Å². The fraction of sp³-hybridized carbons (Fsp3) is 0.324. The van der Waals surface area contributed by atoms with Gasteiger partial charge in [-0.05, 0) is 75.4 Å². The van der Waals surface area contributed by atoms with Gasteiger partial charge < -0.3 is 4.90 Å². The Labute approximate surface area is 235 Å². The fourth-order valence-electron chi connectivity index (χ4n) is 5.24. The van der Waals surface area contributed by atoms with Gasteiger partial charge in [-0.2, -0.15) is 0 Å². The predicted octanol–water partition coefficient (Wildman–Crippen LogP) is 10.4. The van der Waals surface area contributed by atoms with Gasteiger partial charge in [0.25, 0.3) is 0 Å².